The number of rotatable bonds is 67. The van der Waals surface area contributed by atoms with Crippen LogP contribution in [0.1, 0.15) is 399 Å². The Bertz CT molecular complexity index is 1220. The largest absolute Gasteiger partial charge is 0.466 e. The summed E-state index contributed by atoms with van der Waals surface area (Å²) in [5, 5.41) is 23.4. The number of ether oxygens (including phenoxy) is 1. The van der Waals surface area contributed by atoms with Gasteiger partial charge in [0.1, 0.15) is 0 Å². The molecule has 2 unspecified atom stereocenters. The first-order chi connectivity index (χ1) is 38.5. The number of unbranched alkanes of at least 4 members (excludes halogenated alkanes) is 52. The number of aliphatic hydroxyl groups is 2. The number of nitrogens with one attached hydrogen (secondary N) is 1. The Balaban J connectivity index is 3.35. The molecule has 0 radical (unpaired) electrons. The highest BCUT2D eigenvalue weighted by Crippen LogP contribution is 2.19. The minimum Gasteiger partial charge on any atom is -0.466 e. The number of hydrogen-bond acceptors (Lipinski definition) is 5. The molecule has 0 aromatic rings. The lowest BCUT2D eigenvalue weighted by Gasteiger charge is -2.22. The van der Waals surface area contributed by atoms with Gasteiger partial charge in [-0.3, -0.25) is 9.59 Å². The zero-order chi connectivity index (χ0) is 56.4. The minimum atomic E-state index is -0.663. The summed E-state index contributed by atoms with van der Waals surface area (Å²) in [6, 6.07) is -0.540. The van der Waals surface area contributed by atoms with E-state index in [-0.39, 0.29) is 18.5 Å². The van der Waals surface area contributed by atoms with Crippen LogP contribution in [-0.2, 0) is 14.3 Å². The molecule has 78 heavy (non-hydrogen) atoms. The Morgan fingerprint density at radius 1 is 0.359 bits per heavy atom. The molecule has 0 heterocycles. The molecule has 0 aromatic carbocycles. The van der Waals surface area contributed by atoms with Crippen LogP contribution in [0.4, 0.5) is 0 Å². The molecule has 0 spiro atoms. The normalized spacial score (nSPS) is 12.6. The summed E-state index contributed by atoms with van der Waals surface area (Å²) in [5.41, 5.74) is 0. The lowest BCUT2D eigenvalue weighted by molar-refractivity contribution is -0.143. The van der Waals surface area contributed by atoms with Gasteiger partial charge in [-0.05, 0) is 57.8 Å². The summed E-state index contributed by atoms with van der Waals surface area (Å²) >= 11 is 0. The summed E-state index contributed by atoms with van der Waals surface area (Å²) < 4.78 is 5.50. The van der Waals surface area contributed by atoms with Gasteiger partial charge in [0.15, 0.2) is 0 Å². The van der Waals surface area contributed by atoms with Gasteiger partial charge in [0.05, 0.1) is 25.4 Å². The van der Waals surface area contributed by atoms with Crippen molar-refractivity contribution in [2.75, 3.05) is 13.2 Å². The quantitative estimate of drug-likeness (QED) is 0.0320. The van der Waals surface area contributed by atoms with Crippen LogP contribution < -0.4 is 5.32 Å². The van der Waals surface area contributed by atoms with Crippen LogP contribution in [0.2, 0.25) is 0 Å². The Morgan fingerprint density at radius 3 is 0.987 bits per heavy atom. The van der Waals surface area contributed by atoms with E-state index in [1.54, 1.807) is 0 Å². The summed E-state index contributed by atoms with van der Waals surface area (Å²) in [6.45, 7) is 4.97. The third-order valence-corrected chi connectivity index (χ3v) is 16.8. The van der Waals surface area contributed by atoms with Gasteiger partial charge in [0.25, 0.3) is 0 Å². The highest BCUT2D eigenvalue weighted by atomic mass is 16.5. The fourth-order valence-corrected chi connectivity index (χ4v) is 11.3. The molecule has 2 atom stereocenters. The molecule has 3 N–H and O–H groups in total. The van der Waals surface area contributed by atoms with Gasteiger partial charge in [-0.2, -0.15) is 0 Å². The number of amides is 1. The highest BCUT2D eigenvalue weighted by Gasteiger charge is 2.20. The van der Waals surface area contributed by atoms with Crippen molar-refractivity contribution >= 4 is 11.9 Å². The molecule has 0 saturated heterocycles. The monoisotopic (exact) mass is 1100 g/mol. The van der Waals surface area contributed by atoms with E-state index in [0.29, 0.717) is 25.9 Å². The van der Waals surface area contributed by atoms with E-state index in [1.165, 1.54) is 315 Å². The summed E-state index contributed by atoms with van der Waals surface area (Å²) in [5.74, 6) is -0.0195. The first-order valence-corrected chi connectivity index (χ1v) is 35.6. The smallest absolute Gasteiger partial charge is 0.305 e. The Morgan fingerprint density at radius 2 is 0.641 bits per heavy atom. The van der Waals surface area contributed by atoms with Crippen LogP contribution in [0.15, 0.2) is 24.3 Å². The second-order valence-corrected chi connectivity index (χ2v) is 24.6. The van der Waals surface area contributed by atoms with Gasteiger partial charge < -0.3 is 20.3 Å². The van der Waals surface area contributed by atoms with E-state index >= 15 is 0 Å². The van der Waals surface area contributed by atoms with Crippen molar-refractivity contribution < 1.29 is 24.5 Å². The molecule has 0 aliphatic rings. The number of allylic oxidation sites excluding steroid dienone is 4. The number of esters is 1. The van der Waals surface area contributed by atoms with Crippen LogP contribution >= 0.6 is 0 Å². The summed E-state index contributed by atoms with van der Waals surface area (Å²) in [7, 11) is 0. The maximum absolute atomic E-state index is 12.5. The Hall–Kier alpha value is -1.66. The SMILES string of the molecule is CCCCCC/C=C\C/C=C\CCCCCCCCCC(=O)OCCCCCCCCCCCCCCCCCCCCCCCCCCCC(=O)NC(CO)C(O)CCCCCCCCCCCCCCCCCCCC. The third-order valence-electron chi connectivity index (χ3n) is 16.8. The second-order valence-electron chi connectivity index (χ2n) is 24.6. The van der Waals surface area contributed by atoms with Gasteiger partial charge in [-0.1, -0.05) is 353 Å². The molecule has 462 valence electrons. The minimum absolute atomic E-state index is 0.00995. The Labute approximate surface area is 488 Å². The van der Waals surface area contributed by atoms with Crippen molar-refractivity contribution in [3.63, 3.8) is 0 Å². The first kappa shape index (κ1) is 76.3. The summed E-state index contributed by atoms with van der Waals surface area (Å²) in [4.78, 5) is 24.6. The van der Waals surface area contributed by atoms with Crippen LogP contribution in [0.3, 0.4) is 0 Å². The molecular formula is C72H139NO5. The predicted octanol–water partition coefficient (Wildman–Crippen LogP) is 22.9. The lowest BCUT2D eigenvalue weighted by Crippen LogP contribution is -2.45. The van der Waals surface area contributed by atoms with Crippen molar-refractivity contribution in [2.24, 2.45) is 0 Å². The fraction of sp³-hybridized carbons (Fsp3) is 0.917. The van der Waals surface area contributed by atoms with Crippen molar-refractivity contribution in [2.45, 2.75) is 411 Å². The molecule has 6 nitrogen and oxygen atoms in total. The van der Waals surface area contributed by atoms with Gasteiger partial charge in [-0.15, -0.1) is 0 Å². The molecule has 1 amide bonds. The van der Waals surface area contributed by atoms with Crippen LogP contribution in [0.25, 0.3) is 0 Å². The third kappa shape index (κ3) is 63.5. The number of hydrogen-bond donors (Lipinski definition) is 3. The summed E-state index contributed by atoms with van der Waals surface area (Å²) in [6.07, 6.45) is 85.1. The van der Waals surface area contributed by atoms with Crippen molar-refractivity contribution in [3.05, 3.63) is 24.3 Å². The van der Waals surface area contributed by atoms with E-state index in [4.69, 9.17) is 4.74 Å². The van der Waals surface area contributed by atoms with Crippen molar-refractivity contribution in [1.29, 1.82) is 0 Å². The molecule has 0 aromatic heterocycles. The molecule has 0 aliphatic carbocycles. The topological polar surface area (TPSA) is 95.9 Å². The standard InChI is InChI=1S/C72H139NO5/c1-3-5-7-9-11-13-15-17-19-21-32-36-40-44-48-52-56-60-64-70(75)69(68-74)73-71(76)65-61-57-53-49-45-41-37-33-30-28-26-24-23-25-27-29-31-35-39-43-47-51-55-59-63-67-78-72(77)66-62-58-54-50-46-42-38-34-22-20-18-16-14-12-10-8-6-4-2/h14,16,20,22,69-70,74-75H,3-13,15,17-19,21,23-68H2,1-2H3,(H,73,76)/b16-14-,22-20-. The van der Waals surface area contributed by atoms with Gasteiger partial charge in [0, 0.05) is 12.8 Å². The van der Waals surface area contributed by atoms with E-state index in [2.05, 4.69) is 43.5 Å². The van der Waals surface area contributed by atoms with Crippen LogP contribution in [0.5, 0.6) is 0 Å². The fourth-order valence-electron chi connectivity index (χ4n) is 11.3. The molecular weight excluding hydrogens is 959 g/mol. The highest BCUT2D eigenvalue weighted by molar-refractivity contribution is 5.76. The predicted molar refractivity (Wildman–Crippen MR) is 343 cm³/mol. The molecule has 0 rings (SSSR count). The van der Waals surface area contributed by atoms with E-state index in [9.17, 15) is 19.8 Å². The molecule has 0 bridgehead atoms. The molecule has 0 aliphatic heterocycles. The number of aliphatic hydroxyl groups excluding tert-OH is 2. The van der Waals surface area contributed by atoms with Crippen LogP contribution in [0, 0.1) is 0 Å². The molecule has 0 saturated carbocycles. The van der Waals surface area contributed by atoms with E-state index in [1.807, 2.05) is 0 Å². The number of carbonyl (C=O) groups is 2. The average Bonchev–Trinajstić information content (AvgIpc) is 3.44. The zero-order valence-electron chi connectivity index (χ0n) is 52.9. The number of carbonyl (C=O) groups excluding carboxylic acids is 2. The Kier molecular flexibility index (Phi) is 66.4. The van der Waals surface area contributed by atoms with Gasteiger partial charge >= 0.3 is 5.97 Å². The van der Waals surface area contributed by atoms with Crippen molar-refractivity contribution in [1.82, 2.24) is 5.32 Å². The molecule has 6 heteroatoms. The molecule has 0 fully saturated rings. The maximum Gasteiger partial charge on any atom is 0.305 e. The van der Waals surface area contributed by atoms with E-state index < -0.39 is 12.1 Å². The zero-order valence-corrected chi connectivity index (χ0v) is 52.9. The average molecular weight is 1100 g/mol. The van der Waals surface area contributed by atoms with Gasteiger partial charge in [0.2, 0.25) is 5.91 Å². The van der Waals surface area contributed by atoms with Gasteiger partial charge in [-0.25, -0.2) is 0 Å². The lowest BCUT2D eigenvalue weighted by atomic mass is 10.0. The van der Waals surface area contributed by atoms with E-state index in [0.717, 1.165) is 51.4 Å². The first-order valence-electron chi connectivity index (χ1n) is 35.6. The van der Waals surface area contributed by atoms with Crippen LogP contribution in [-0.4, -0.2) is 47.4 Å². The second kappa shape index (κ2) is 67.8. The maximum atomic E-state index is 12.5. The van der Waals surface area contributed by atoms with Crippen molar-refractivity contribution in [3.8, 4) is 0 Å².